The molecule has 4 nitrogen and oxygen atoms in total. The van der Waals surface area contributed by atoms with Crippen molar-refractivity contribution in [1.82, 2.24) is 5.32 Å². The van der Waals surface area contributed by atoms with Gasteiger partial charge < -0.3 is 11.1 Å². The van der Waals surface area contributed by atoms with Crippen LogP contribution in [0.2, 0.25) is 0 Å². The molecule has 1 fully saturated rings. The van der Waals surface area contributed by atoms with E-state index < -0.39 is 16.2 Å². The van der Waals surface area contributed by atoms with Crippen LogP contribution in [0.5, 0.6) is 0 Å². The van der Waals surface area contributed by atoms with Crippen LogP contribution in [0.25, 0.3) is 0 Å². The fourth-order valence-electron chi connectivity index (χ4n) is 2.69. The number of amides is 1. The highest BCUT2D eigenvalue weighted by molar-refractivity contribution is 7.84. The highest BCUT2D eigenvalue weighted by Gasteiger charge is 2.41. The molecule has 0 saturated heterocycles. The highest BCUT2D eigenvalue weighted by atomic mass is 32.2. The number of nitrogens with one attached hydrogen (secondary N) is 1. The topological polar surface area (TPSA) is 72.2 Å². The van der Waals surface area contributed by atoms with E-state index in [2.05, 4.69) is 5.32 Å². The lowest BCUT2D eigenvalue weighted by atomic mass is 9.79. The van der Waals surface area contributed by atoms with Crippen LogP contribution in [-0.4, -0.2) is 33.2 Å². The van der Waals surface area contributed by atoms with Gasteiger partial charge in [-0.3, -0.25) is 9.00 Å². The second kappa shape index (κ2) is 8.08. The van der Waals surface area contributed by atoms with Gasteiger partial charge in [0.25, 0.3) is 0 Å². The quantitative estimate of drug-likeness (QED) is 0.579. The summed E-state index contributed by atoms with van der Waals surface area (Å²) in [5.41, 5.74) is 5.22. The molecule has 0 aromatic rings. The predicted molar refractivity (Wildman–Crippen MR) is 88.1 cm³/mol. The number of nitrogens with two attached hydrogens (primary N) is 1. The molecule has 116 valence electrons. The van der Waals surface area contributed by atoms with Gasteiger partial charge >= 0.3 is 0 Å². The molecule has 1 amide bonds. The molecule has 0 aromatic carbocycles. The van der Waals surface area contributed by atoms with E-state index in [0.29, 0.717) is 17.2 Å². The van der Waals surface area contributed by atoms with E-state index in [0.717, 1.165) is 38.5 Å². The van der Waals surface area contributed by atoms with Crippen LogP contribution in [0.3, 0.4) is 0 Å². The Balaban J connectivity index is 2.69. The number of hydrogen-bond donors (Lipinski definition) is 2. The summed E-state index contributed by atoms with van der Waals surface area (Å²) in [6.07, 6.45) is 8.17. The van der Waals surface area contributed by atoms with Gasteiger partial charge in [-0.2, -0.15) is 0 Å². The molecule has 20 heavy (non-hydrogen) atoms. The third-order valence-corrected chi connectivity index (χ3v) is 5.28. The average Bonchev–Trinajstić information content (AvgIpc) is 2.62. The van der Waals surface area contributed by atoms with Gasteiger partial charge in [-0.05, 0) is 26.2 Å². The van der Waals surface area contributed by atoms with Gasteiger partial charge in [0.2, 0.25) is 5.91 Å². The van der Waals surface area contributed by atoms with Crippen molar-refractivity contribution in [3.8, 4) is 0 Å². The van der Waals surface area contributed by atoms with Gasteiger partial charge in [0.15, 0.2) is 0 Å². The monoisotopic (exact) mass is 318 g/mol. The van der Waals surface area contributed by atoms with E-state index in [-0.39, 0.29) is 11.9 Å². The van der Waals surface area contributed by atoms with Gasteiger partial charge in [0, 0.05) is 28.9 Å². The molecule has 0 heterocycles. The Morgan fingerprint density at radius 2 is 1.90 bits per heavy atom. The zero-order valence-corrected chi connectivity index (χ0v) is 14.1. The zero-order chi connectivity index (χ0) is 15.2. The van der Waals surface area contributed by atoms with Crippen LogP contribution in [0.4, 0.5) is 0 Å². The lowest BCUT2D eigenvalue weighted by molar-refractivity contribution is -0.128. The summed E-state index contributed by atoms with van der Waals surface area (Å²) in [7, 11) is -0.829. The van der Waals surface area contributed by atoms with Crippen LogP contribution in [-0.2, 0) is 15.6 Å². The van der Waals surface area contributed by atoms with E-state index in [1.165, 1.54) is 0 Å². The Morgan fingerprint density at radius 1 is 1.35 bits per heavy atom. The number of carbonyl (C=O) groups is 1. The molecule has 2 atom stereocenters. The van der Waals surface area contributed by atoms with E-state index in [9.17, 15) is 9.00 Å². The molecule has 1 saturated carbocycles. The number of thiocarbonyl (C=S) groups is 1. The van der Waals surface area contributed by atoms with Crippen molar-refractivity contribution in [2.75, 3.05) is 12.0 Å². The van der Waals surface area contributed by atoms with E-state index >= 15 is 0 Å². The molecule has 3 N–H and O–H groups in total. The minimum absolute atomic E-state index is 0.000813. The van der Waals surface area contributed by atoms with Crippen molar-refractivity contribution in [1.29, 1.82) is 0 Å². The lowest BCUT2D eigenvalue weighted by Gasteiger charge is -2.31. The van der Waals surface area contributed by atoms with Crippen LogP contribution in [0, 0.1) is 5.41 Å². The van der Waals surface area contributed by atoms with Crippen molar-refractivity contribution in [2.24, 2.45) is 11.1 Å². The van der Waals surface area contributed by atoms with Crippen molar-refractivity contribution < 1.29 is 9.00 Å². The summed E-state index contributed by atoms with van der Waals surface area (Å²) in [6.45, 7) is 1.94. The van der Waals surface area contributed by atoms with Crippen LogP contribution >= 0.6 is 12.2 Å². The minimum Gasteiger partial charge on any atom is -0.392 e. The number of carbonyl (C=O) groups excluding carboxylic acids is 1. The van der Waals surface area contributed by atoms with Gasteiger partial charge in [0.05, 0.1) is 10.4 Å². The first-order chi connectivity index (χ1) is 9.38. The Bertz CT molecular complexity index is 377. The minimum atomic E-state index is -0.829. The van der Waals surface area contributed by atoms with Crippen LogP contribution in [0.1, 0.15) is 51.9 Å². The van der Waals surface area contributed by atoms with Crippen molar-refractivity contribution in [2.45, 2.75) is 57.9 Å². The Labute approximate surface area is 129 Å². The van der Waals surface area contributed by atoms with Gasteiger partial charge in [-0.15, -0.1) is 0 Å². The molecule has 0 spiro atoms. The Hall–Kier alpha value is -0.490. The summed E-state index contributed by atoms with van der Waals surface area (Å²) in [5, 5.41) is 3.01. The molecule has 1 aliphatic carbocycles. The second-order valence-corrected chi connectivity index (χ2v) is 7.80. The molecular weight excluding hydrogens is 292 g/mol. The smallest absolute Gasteiger partial charge is 0.233 e. The number of rotatable bonds is 6. The lowest BCUT2D eigenvalue weighted by Crippen LogP contribution is -2.51. The summed E-state index contributed by atoms with van der Waals surface area (Å²) < 4.78 is 11.1. The third kappa shape index (κ3) is 4.81. The summed E-state index contributed by atoms with van der Waals surface area (Å²) in [5.74, 6) is 0.558. The maximum absolute atomic E-state index is 12.6. The molecular formula is C14H26N2O2S2. The summed E-state index contributed by atoms with van der Waals surface area (Å²) >= 11 is 5.19. The fourth-order valence-corrected chi connectivity index (χ4v) is 3.68. The SMILES string of the molecule is CC(CCS(C)=O)NC(=O)C1(C(N)=S)CCCCCC1. The first-order valence-electron chi connectivity index (χ1n) is 7.29. The van der Waals surface area contributed by atoms with Crippen molar-refractivity contribution in [3.05, 3.63) is 0 Å². The maximum atomic E-state index is 12.6. The zero-order valence-electron chi connectivity index (χ0n) is 12.4. The molecule has 2 unspecified atom stereocenters. The molecule has 6 heteroatoms. The summed E-state index contributed by atoms with van der Waals surface area (Å²) in [4.78, 5) is 12.9. The second-order valence-electron chi connectivity index (χ2n) is 5.80. The predicted octanol–water partition coefficient (Wildman–Crippen LogP) is 1.89. The first kappa shape index (κ1) is 17.6. The largest absolute Gasteiger partial charge is 0.392 e. The highest BCUT2D eigenvalue weighted by Crippen LogP contribution is 2.36. The van der Waals surface area contributed by atoms with Crippen molar-refractivity contribution in [3.63, 3.8) is 0 Å². The third-order valence-electron chi connectivity index (χ3n) is 4.08. The van der Waals surface area contributed by atoms with Gasteiger partial charge in [-0.1, -0.05) is 37.9 Å². The maximum Gasteiger partial charge on any atom is 0.233 e. The standard InChI is InChI=1S/C14H26N2O2S2/c1-11(7-10-20(2)18)16-13(17)14(12(15)19)8-5-3-4-6-9-14/h11H,3-10H2,1-2H3,(H2,15,19)(H,16,17). The molecule has 1 aliphatic rings. The van der Waals surface area contributed by atoms with Crippen LogP contribution < -0.4 is 11.1 Å². The fraction of sp³-hybridized carbons (Fsp3) is 0.857. The first-order valence-corrected chi connectivity index (χ1v) is 9.43. The normalized spacial score (nSPS) is 21.5. The van der Waals surface area contributed by atoms with E-state index in [4.69, 9.17) is 18.0 Å². The van der Waals surface area contributed by atoms with Crippen LogP contribution in [0.15, 0.2) is 0 Å². The van der Waals surface area contributed by atoms with Gasteiger partial charge in [-0.25, -0.2) is 0 Å². The molecule has 1 rings (SSSR count). The molecule has 0 radical (unpaired) electrons. The summed E-state index contributed by atoms with van der Waals surface area (Å²) in [6, 6.07) is 0.000813. The molecule has 0 aliphatic heterocycles. The van der Waals surface area contributed by atoms with Crippen molar-refractivity contribution >= 4 is 33.9 Å². The van der Waals surface area contributed by atoms with E-state index in [1.54, 1.807) is 6.26 Å². The Kier molecular flexibility index (Phi) is 7.09. The average molecular weight is 319 g/mol. The Morgan fingerprint density at radius 3 is 2.35 bits per heavy atom. The molecule has 0 bridgehead atoms. The van der Waals surface area contributed by atoms with E-state index in [1.807, 2.05) is 6.92 Å². The molecule has 0 aromatic heterocycles. The van der Waals surface area contributed by atoms with Gasteiger partial charge in [0.1, 0.15) is 0 Å². The number of hydrogen-bond acceptors (Lipinski definition) is 3.